The molecule has 0 aromatic carbocycles. The van der Waals surface area contributed by atoms with Crippen molar-refractivity contribution in [3.8, 4) is 0 Å². The molecule has 0 saturated carbocycles. The molecular weight excluding hydrogens is 192 g/mol. The number of aromatic nitrogens is 2. The lowest BCUT2D eigenvalue weighted by molar-refractivity contribution is 0.582. The van der Waals surface area contributed by atoms with Crippen LogP contribution >= 0.6 is 0 Å². The van der Waals surface area contributed by atoms with Gasteiger partial charge in [-0.05, 0) is 6.92 Å². The van der Waals surface area contributed by atoms with E-state index >= 15 is 0 Å². The highest BCUT2D eigenvalue weighted by molar-refractivity contribution is 7.90. The number of fused-ring (bicyclic) bond motifs is 1. The van der Waals surface area contributed by atoms with Crippen molar-refractivity contribution in [2.45, 2.75) is 13.5 Å². The van der Waals surface area contributed by atoms with Crippen molar-refractivity contribution >= 4 is 16.0 Å². The van der Waals surface area contributed by atoms with E-state index < -0.39 is 10.2 Å². The summed E-state index contributed by atoms with van der Waals surface area (Å²) in [7, 11) is -3.42. The zero-order chi connectivity index (χ0) is 9.47. The average molecular weight is 200 g/mol. The maximum absolute atomic E-state index is 11.0. The lowest BCUT2D eigenvalue weighted by Gasteiger charge is -2.16. The number of rotatable bonds is 0. The van der Waals surface area contributed by atoms with Gasteiger partial charge in [-0.2, -0.15) is 13.1 Å². The molecular formula is C6H8N4O2S. The van der Waals surface area contributed by atoms with Gasteiger partial charge in [0.15, 0.2) is 5.82 Å². The minimum Gasteiger partial charge on any atom is -0.254 e. The van der Waals surface area contributed by atoms with Crippen LogP contribution in [0.25, 0.3) is 0 Å². The molecule has 2 rings (SSSR count). The van der Waals surface area contributed by atoms with Crippen molar-refractivity contribution in [1.29, 1.82) is 0 Å². The molecule has 1 aromatic heterocycles. The topological polar surface area (TPSA) is 84.0 Å². The molecule has 0 amide bonds. The van der Waals surface area contributed by atoms with Crippen LogP contribution in [-0.4, -0.2) is 18.4 Å². The Kier molecular flexibility index (Phi) is 1.70. The van der Waals surface area contributed by atoms with Crippen molar-refractivity contribution in [3.63, 3.8) is 0 Å². The number of nitrogens with zero attached hydrogens (tertiary/aromatic N) is 2. The molecule has 0 bridgehead atoms. The van der Waals surface area contributed by atoms with Gasteiger partial charge in [-0.15, -0.1) is 0 Å². The van der Waals surface area contributed by atoms with Gasteiger partial charge in [-0.3, -0.25) is 9.71 Å². The number of anilines is 1. The second kappa shape index (κ2) is 2.64. The summed E-state index contributed by atoms with van der Waals surface area (Å²) in [5, 5.41) is 0. The molecule has 6 nitrogen and oxygen atoms in total. The van der Waals surface area contributed by atoms with E-state index in [1.807, 2.05) is 0 Å². The fraction of sp³-hybridized carbons (Fsp3) is 0.333. The van der Waals surface area contributed by atoms with Gasteiger partial charge in [-0.1, -0.05) is 0 Å². The first-order valence-corrected chi connectivity index (χ1v) is 5.15. The van der Waals surface area contributed by atoms with E-state index in [1.165, 1.54) is 0 Å². The summed E-state index contributed by atoms with van der Waals surface area (Å²) in [6.07, 6.45) is 1.60. The molecule has 13 heavy (non-hydrogen) atoms. The van der Waals surface area contributed by atoms with E-state index in [9.17, 15) is 8.42 Å². The van der Waals surface area contributed by atoms with Gasteiger partial charge < -0.3 is 0 Å². The second-order valence-corrected chi connectivity index (χ2v) is 4.23. The summed E-state index contributed by atoms with van der Waals surface area (Å²) in [6.45, 7) is 1.95. The maximum Gasteiger partial charge on any atom is 0.300 e. The lowest BCUT2D eigenvalue weighted by atomic mass is 10.4. The molecule has 1 aromatic rings. The summed E-state index contributed by atoms with van der Waals surface area (Å²) in [5.41, 5.74) is 1.30. The molecule has 0 aliphatic carbocycles. The van der Waals surface area contributed by atoms with Crippen molar-refractivity contribution < 1.29 is 8.42 Å². The molecule has 0 unspecified atom stereocenters. The second-order valence-electron chi connectivity index (χ2n) is 2.73. The normalized spacial score (nSPS) is 18.8. The minimum atomic E-state index is -3.42. The zero-order valence-corrected chi connectivity index (χ0v) is 7.72. The van der Waals surface area contributed by atoms with Crippen LogP contribution in [0.1, 0.15) is 11.4 Å². The highest BCUT2D eigenvalue weighted by Gasteiger charge is 2.20. The molecule has 1 aliphatic heterocycles. The summed E-state index contributed by atoms with van der Waals surface area (Å²) in [4.78, 5) is 8.05. The molecule has 0 fully saturated rings. The van der Waals surface area contributed by atoms with Gasteiger partial charge in [-0.25, -0.2) is 4.98 Å². The fourth-order valence-corrected chi connectivity index (χ4v) is 1.86. The summed E-state index contributed by atoms with van der Waals surface area (Å²) < 4.78 is 26.6. The Balaban J connectivity index is 2.50. The SMILES string of the molecule is Cc1cnc2c(n1)NS(=O)(=O)NC2. The van der Waals surface area contributed by atoms with E-state index in [2.05, 4.69) is 19.4 Å². The zero-order valence-electron chi connectivity index (χ0n) is 6.90. The predicted octanol–water partition coefficient (Wildman–Crippen LogP) is -0.455. The van der Waals surface area contributed by atoms with Crippen LogP contribution in [0.15, 0.2) is 6.20 Å². The molecule has 0 atom stereocenters. The maximum atomic E-state index is 11.0. The lowest BCUT2D eigenvalue weighted by Crippen LogP contribution is -2.35. The van der Waals surface area contributed by atoms with Crippen LogP contribution in [0.5, 0.6) is 0 Å². The number of hydrogen-bond donors (Lipinski definition) is 2. The largest absolute Gasteiger partial charge is 0.300 e. The molecule has 0 spiro atoms. The molecule has 0 saturated heterocycles. The van der Waals surface area contributed by atoms with Gasteiger partial charge in [0, 0.05) is 6.20 Å². The van der Waals surface area contributed by atoms with Gasteiger partial charge in [0.25, 0.3) is 0 Å². The quantitative estimate of drug-likeness (QED) is 0.593. The van der Waals surface area contributed by atoms with Crippen molar-refractivity contribution in [2.24, 2.45) is 0 Å². The van der Waals surface area contributed by atoms with Crippen molar-refractivity contribution in [1.82, 2.24) is 14.7 Å². The van der Waals surface area contributed by atoms with E-state index in [-0.39, 0.29) is 6.54 Å². The van der Waals surface area contributed by atoms with Crippen molar-refractivity contribution in [3.05, 3.63) is 17.6 Å². The Morgan fingerprint density at radius 3 is 3.08 bits per heavy atom. The average Bonchev–Trinajstić information content (AvgIpc) is 2.01. The number of aryl methyl sites for hydroxylation is 1. The molecule has 2 heterocycles. The summed E-state index contributed by atoms with van der Waals surface area (Å²) >= 11 is 0. The monoisotopic (exact) mass is 200 g/mol. The third kappa shape index (κ3) is 1.61. The van der Waals surface area contributed by atoms with Crippen LogP contribution in [-0.2, 0) is 16.8 Å². The fourth-order valence-electron chi connectivity index (χ4n) is 1.04. The summed E-state index contributed by atoms with van der Waals surface area (Å²) in [5.74, 6) is 0.318. The third-order valence-corrected chi connectivity index (χ3v) is 2.62. The van der Waals surface area contributed by atoms with Crippen LogP contribution < -0.4 is 9.44 Å². The van der Waals surface area contributed by atoms with E-state index in [1.54, 1.807) is 13.1 Å². The third-order valence-electron chi connectivity index (χ3n) is 1.63. The first-order chi connectivity index (χ1) is 6.07. The van der Waals surface area contributed by atoms with Crippen molar-refractivity contribution in [2.75, 3.05) is 4.72 Å². The molecule has 70 valence electrons. The van der Waals surface area contributed by atoms with E-state index in [0.29, 0.717) is 17.2 Å². The number of nitrogens with one attached hydrogen (secondary N) is 2. The Hall–Kier alpha value is -1.21. The highest BCUT2D eigenvalue weighted by atomic mass is 32.2. The first kappa shape index (κ1) is 8.39. The predicted molar refractivity (Wildman–Crippen MR) is 46.2 cm³/mol. The Morgan fingerprint density at radius 1 is 1.54 bits per heavy atom. The molecule has 2 N–H and O–H groups in total. The van der Waals surface area contributed by atoms with Gasteiger partial charge in [0.1, 0.15) is 0 Å². The Bertz CT molecular complexity index is 442. The summed E-state index contributed by atoms with van der Waals surface area (Å²) in [6, 6.07) is 0. The molecule has 0 radical (unpaired) electrons. The Morgan fingerprint density at radius 2 is 2.31 bits per heavy atom. The van der Waals surface area contributed by atoms with Gasteiger partial charge in [0.05, 0.1) is 17.9 Å². The number of hydrogen-bond acceptors (Lipinski definition) is 4. The van der Waals surface area contributed by atoms with Gasteiger partial charge in [0.2, 0.25) is 0 Å². The smallest absolute Gasteiger partial charge is 0.254 e. The standard InChI is InChI=1S/C6H8N4O2S/c1-4-2-7-5-3-8-13(11,12)10-6(5)9-4/h2,8H,3H2,1H3,(H,9,10). The van der Waals surface area contributed by atoms with Crippen LogP contribution in [0.2, 0.25) is 0 Å². The van der Waals surface area contributed by atoms with E-state index in [0.717, 1.165) is 0 Å². The van der Waals surface area contributed by atoms with Crippen LogP contribution in [0.3, 0.4) is 0 Å². The van der Waals surface area contributed by atoms with Gasteiger partial charge >= 0.3 is 10.2 Å². The van der Waals surface area contributed by atoms with Crippen LogP contribution in [0.4, 0.5) is 5.82 Å². The van der Waals surface area contributed by atoms with Crippen LogP contribution in [0, 0.1) is 6.92 Å². The highest BCUT2D eigenvalue weighted by Crippen LogP contribution is 2.15. The van der Waals surface area contributed by atoms with E-state index in [4.69, 9.17) is 0 Å². The first-order valence-electron chi connectivity index (χ1n) is 3.67. The molecule has 7 heteroatoms. The molecule has 1 aliphatic rings. The Labute approximate surface area is 75.6 Å². The minimum absolute atomic E-state index is 0.192.